The lowest BCUT2D eigenvalue weighted by Gasteiger charge is -2.26. The topological polar surface area (TPSA) is 60.0 Å². The van der Waals surface area contributed by atoms with Crippen molar-refractivity contribution in [1.82, 2.24) is 19.9 Å². The molecule has 1 aromatic rings. The van der Waals surface area contributed by atoms with Gasteiger partial charge in [0.1, 0.15) is 0 Å². The summed E-state index contributed by atoms with van der Waals surface area (Å²) in [7, 11) is 0. The van der Waals surface area contributed by atoms with Gasteiger partial charge in [-0.3, -0.25) is 9.58 Å². The van der Waals surface area contributed by atoms with Gasteiger partial charge in [-0.25, -0.2) is 0 Å². The first-order chi connectivity index (χ1) is 8.99. The molecular formula is C11H16F3N5. The number of nitrogens with two attached hydrogens (primary N) is 1. The molecule has 0 amide bonds. The molecule has 0 aliphatic carbocycles. The van der Waals surface area contributed by atoms with Crippen LogP contribution in [0.4, 0.5) is 13.2 Å². The van der Waals surface area contributed by atoms with E-state index in [1.165, 1.54) is 6.08 Å². The minimum absolute atomic E-state index is 0.0505. The van der Waals surface area contributed by atoms with Gasteiger partial charge in [0.25, 0.3) is 0 Å². The fourth-order valence-electron chi connectivity index (χ4n) is 1.96. The number of hydrogen-bond acceptors (Lipinski definition) is 4. The van der Waals surface area contributed by atoms with Crippen molar-refractivity contribution in [3.63, 3.8) is 0 Å². The zero-order valence-electron chi connectivity index (χ0n) is 10.4. The van der Waals surface area contributed by atoms with Crippen LogP contribution in [0.15, 0.2) is 17.8 Å². The summed E-state index contributed by atoms with van der Waals surface area (Å²) in [6.07, 6.45) is -1.12. The van der Waals surface area contributed by atoms with E-state index in [2.05, 4.69) is 10.3 Å². The summed E-state index contributed by atoms with van der Waals surface area (Å²) in [4.78, 5) is 1.96. The quantitative estimate of drug-likeness (QED) is 0.831. The van der Waals surface area contributed by atoms with Crippen LogP contribution in [0.1, 0.15) is 12.1 Å². The van der Waals surface area contributed by atoms with Crippen molar-refractivity contribution in [3.05, 3.63) is 23.5 Å². The van der Waals surface area contributed by atoms with Crippen LogP contribution in [0.25, 0.3) is 0 Å². The molecule has 0 saturated carbocycles. The Balaban J connectivity index is 1.81. The molecule has 1 aliphatic rings. The Bertz CT molecular complexity index is 451. The number of rotatable bonds is 4. The Hall–Kier alpha value is -1.41. The molecule has 0 bridgehead atoms. The number of hydrogen-bond donors (Lipinski definition) is 1. The molecule has 2 N–H and O–H groups in total. The van der Waals surface area contributed by atoms with Crippen LogP contribution in [-0.4, -0.2) is 45.7 Å². The first-order valence-corrected chi connectivity index (χ1v) is 6.06. The van der Waals surface area contributed by atoms with E-state index in [1.807, 2.05) is 4.90 Å². The van der Waals surface area contributed by atoms with E-state index in [-0.39, 0.29) is 6.42 Å². The van der Waals surface area contributed by atoms with Gasteiger partial charge in [0.05, 0.1) is 12.2 Å². The van der Waals surface area contributed by atoms with Gasteiger partial charge < -0.3 is 5.73 Å². The zero-order valence-corrected chi connectivity index (χ0v) is 10.4. The van der Waals surface area contributed by atoms with Crippen LogP contribution in [0.3, 0.4) is 0 Å². The lowest BCUT2D eigenvalue weighted by Crippen LogP contribution is -2.34. The first-order valence-electron chi connectivity index (χ1n) is 6.06. The van der Waals surface area contributed by atoms with Crippen molar-refractivity contribution in [2.75, 3.05) is 19.6 Å². The third kappa shape index (κ3) is 3.77. The van der Waals surface area contributed by atoms with Gasteiger partial charge in [0, 0.05) is 37.9 Å². The van der Waals surface area contributed by atoms with E-state index in [1.54, 1.807) is 10.9 Å². The molecule has 2 rings (SSSR count). The lowest BCUT2D eigenvalue weighted by atomic mass is 10.1. The van der Waals surface area contributed by atoms with Crippen LogP contribution >= 0.6 is 0 Å². The minimum atomic E-state index is -4.19. The molecule has 2 heterocycles. The van der Waals surface area contributed by atoms with E-state index in [0.29, 0.717) is 38.4 Å². The maximum Gasteiger partial charge on any atom is 0.412 e. The van der Waals surface area contributed by atoms with Gasteiger partial charge in [0.15, 0.2) is 0 Å². The third-order valence-corrected chi connectivity index (χ3v) is 3.10. The monoisotopic (exact) mass is 275 g/mol. The molecule has 0 atom stereocenters. The summed E-state index contributed by atoms with van der Waals surface area (Å²) < 4.78 is 39.0. The van der Waals surface area contributed by atoms with Crippen LogP contribution < -0.4 is 5.73 Å². The van der Waals surface area contributed by atoms with E-state index >= 15 is 0 Å². The molecule has 1 aliphatic heterocycles. The SMILES string of the molecule is NCc1cn(CCN2CC=C(C(F)(F)F)CC2)nn1. The van der Waals surface area contributed by atoms with E-state index < -0.39 is 11.7 Å². The van der Waals surface area contributed by atoms with Crippen LogP contribution in [-0.2, 0) is 13.1 Å². The van der Waals surface area contributed by atoms with Crippen molar-refractivity contribution >= 4 is 0 Å². The van der Waals surface area contributed by atoms with Crippen LogP contribution in [0.5, 0.6) is 0 Å². The second kappa shape index (κ2) is 5.70. The summed E-state index contributed by atoms with van der Waals surface area (Å²) in [5, 5.41) is 7.74. The van der Waals surface area contributed by atoms with Crippen LogP contribution in [0, 0.1) is 0 Å². The lowest BCUT2D eigenvalue weighted by molar-refractivity contribution is -0.0960. The largest absolute Gasteiger partial charge is 0.412 e. The normalized spacial score (nSPS) is 17.6. The molecule has 106 valence electrons. The maximum absolute atomic E-state index is 12.4. The van der Waals surface area contributed by atoms with Gasteiger partial charge in [-0.05, 0) is 6.42 Å². The van der Waals surface area contributed by atoms with Crippen molar-refractivity contribution < 1.29 is 13.2 Å². The first kappa shape index (κ1) is 14.0. The average Bonchev–Trinajstić information content (AvgIpc) is 2.84. The molecule has 0 saturated heterocycles. The van der Waals surface area contributed by atoms with Crippen LogP contribution in [0.2, 0.25) is 0 Å². The molecule has 5 nitrogen and oxygen atoms in total. The number of aromatic nitrogens is 3. The minimum Gasteiger partial charge on any atom is -0.325 e. The second-order valence-electron chi connectivity index (χ2n) is 4.45. The highest BCUT2D eigenvalue weighted by molar-refractivity contribution is 5.12. The summed E-state index contributed by atoms with van der Waals surface area (Å²) in [6, 6.07) is 0. The van der Waals surface area contributed by atoms with Gasteiger partial charge >= 0.3 is 6.18 Å². The summed E-state index contributed by atoms with van der Waals surface area (Å²) in [6.45, 7) is 2.33. The highest BCUT2D eigenvalue weighted by atomic mass is 19.4. The van der Waals surface area contributed by atoms with E-state index in [9.17, 15) is 13.2 Å². The summed E-state index contributed by atoms with van der Waals surface area (Å²) >= 11 is 0. The predicted molar refractivity (Wildman–Crippen MR) is 63.1 cm³/mol. The number of nitrogens with zero attached hydrogens (tertiary/aromatic N) is 4. The highest BCUT2D eigenvalue weighted by Crippen LogP contribution is 2.29. The molecule has 0 spiro atoms. The molecule has 8 heteroatoms. The van der Waals surface area contributed by atoms with Gasteiger partial charge in [-0.2, -0.15) is 13.2 Å². The Morgan fingerprint density at radius 3 is 2.63 bits per heavy atom. The Morgan fingerprint density at radius 1 is 1.32 bits per heavy atom. The fourth-order valence-corrected chi connectivity index (χ4v) is 1.96. The van der Waals surface area contributed by atoms with Crippen molar-refractivity contribution in [2.24, 2.45) is 5.73 Å². The Labute approximate surface area is 108 Å². The molecule has 1 aromatic heterocycles. The summed E-state index contributed by atoms with van der Waals surface area (Å²) in [5.41, 5.74) is 5.70. The number of halogens is 3. The molecule has 0 aromatic carbocycles. The summed E-state index contributed by atoms with van der Waals surface area (Å²) in [5.74, 6) is 0. The van der Waals surface area contributed by atoms with Crippen molar-refractivity contribution in [3.8, 4) is 0 Å². The third-order valence-electron chi connectivity index (χ3n) is 3.10. The molecular weight excluding hydrogens is 259 g/mol. The van der Waals surface area contributed by atoms with E-state index in [4.69, 9.17) is 5.73 Å². The van der Waals surface area contributed by atoms with E-state index in [0.717, 1.165) is 0 Å². The maximum atomic E-state index is 12.4. The molecule has 0 fully saturated rings. The molecule has 0 unspecified atom stereocenters. The van der Waals surface area contributed by atoms with Crippen molar-refractivity contribution in [1.29, 1.82) is 0 Å². The smallest absolute Gasteiger partial charge is 0.325 e. The Kier molecular flexibility index (Phi) is 4.20. The van der Waals surface area contributed by atoms with Gasteiger partial charge in [-0.1, -0.05) is 11.3 Å². The average molecular weight is 275 g/mol. The van der Waals surface area contributed by atoms with Gasteiger partial charge in [0.2, 0.25) is 0 Å². The second-order valence-corrected chi connectivity index (χ2v) is 4.45. The molecule has 19 heavy (non-hydrogen) atoms. The standard InChI is InChI=1S/C11H16F3N5/c12-11(13,14)9-1-3-18(4-2-9)5-6-19-8-10(7-15)16-17-19/h1,8H,2-7,15H2. The number of alkyl halides is 3. The Morgan fingerprint density at radius 2 is 2.11 bits per heavy atom. The molecule has 0 radical (unpaired) electrons. The zero-order chi connectivity index (χ0) is 13.9. The van der Waals surface area contributed by atoms with Crippen molar-refractivity contribution in [2.45, 2.75) is 25.7 Å². The fraction of sp³-hybridized carbons (Fsp3) is 0.636. The highest BCUT2D eigenvalue weighted by Gasteiger charge is 2.34. The predicted octanol–water partition coefficient (Wildman–Crippen LogP) is 0.931. The van der Waals surface area contributed by atoms with Gasteiger partial charge in [-0.15, -0.1) is 5.10 Å².